The second-order valence-corrected chi connectivity index (χ2v) is 14.6. The van der Waals surface area contributed by atoms with Crippen molar-refractivity contribution in [3.63, 3.8) is 0 Å². The first kappa shape index (κ1) is 34.8. The molecule has 0 radical (unpaired) electrons. The molecule has 0 saturated heterocycles. The van der Waals surface area contributed by atoms with E-state index in [1.54, 1.807) is 18.2 Å². The standard InChI is InChI=1S/C36H37BrN4O6S/c37-29-15-10-14-28(22-29)25-39(34(23-27-12-4-1-5-13-27)36(43)38-30-16-6-2-7-17-30)35(42)26-40(31-18-11-19-32(24-31)41(44)45)48(46,47)33-20-8-3-9-21-33/h1,3-5,8-15,18-22,24,30,34H,2,6-7,16-17,23,25-26H2,(H,38,43)/t34-/m0/s1. The van der Waals surface area contributed by atoms with Crippen molar-refractivity contribution in [1.29, 1.82) is 0 Å². The number of non-ortho nitro benzene ring substituents is 1. The fourth-order valence-electron chi connectivity index (χ4n) is 5.94. The van der Waals surface area contributed by atoms with Gasteiger partial charge >= 0.3 is 0 Å². The van der Waals surface area contributed by atoms with Gasteiger partial charge in [0, 0.05) is 35.6 Å². The highest BCUT2D eigenvalue weighted by Gasteiger charge is 2.35. The maximum absolute atomic E-state index is 14.6. The number of anilines is 1. The van der Waals surface area contributed by atoms with E-state index in [1.165, 1.54) is 35.2 Å². The van der Waals surface area contributed by atoms with Crippen LogP contribution in [0, 0.1) is 10.1 Å². The van der Waals surface area contributed by atoms with E-state index in [0.29, 0.717) is 0 Å². The number of nitrogens with zero attached hydrogens (tertiary/aromatic N) is 3. The number of nitro groups is 1. The number of hydrogen-bond donors (Lipinski definition) is 1. The zero-order chi connectivity index (χ0) is 34.1. The summed E-state index contributed by atoms with van der Waals surface area (Å²) in [6, 6.07) is 28.5. The largest absolute Gasteiger partial charge is 0.352 e. The highest BCUT2D eigenvalue weighted by Crippen LogP contribution is 2.28. The minimum Gasteiger partial charge on any atom is -0.352 e. The lowest BCUT2D eigenvalue weighted by molar-refractivity contribution is -0.384. The average molecular weight is 734 g/mol. The number of hydrogen-bond acceptors (Lipinski definition) is 6. The third-order valence-corrected chi connectivity index (χ3v) is 10.7. The van der Waals surface area contributed by atoms with Crippen molar-refractivity contribution in [2.45, 2.75) is 62.0 Å². The zero-order valence-corrected chi connectivity index (χ0v) is 28.7. The zero-order valence-electron chi connectivity index (χ0n) is 26.3. The first-order valence-corrected chi connectivity index (χ1v) is 18.1. The number of benzene rings is 4. The van der Waals surface area contributed by atoms with Gasteiger partial charge in [-0.2, -0.15) is 0 Å². The van der Waals surface area contributed by atoms with Crippen molar-refractivity contribution in [2.75, 3.05) is 10.8 Å². The SMILES string of the molecule is O=C(NC1CCCCC1)[C@H](Cc1ccccc1)N(Cc1cccc(Br)c1)C(=O)CN(c1cccc([N+](=O)[O-])c1)S(=O)(=O)c1ccccc1. The molecule has 4 aromatic rings. The average Bonchev–Trinajstić information content (AvgIpc) is 3.10. The Hall–Kier alpha value is -4.55. The van der Waals surface area contributed by atoms with Crippen LogP contribution < -0.4 is 9.62 Å². The molecule has 4 aromatic carbocycles. The van der Waals surface area contributed by atoms with Crippen LogP contribution in [-0.2, 0) is 32.6 Å². The number of rotatable bonds is 13. The van der Waals surface area contributed by atoms with Gasteiger partial charge < -0.3 is 10.2 Å². The fourth-order valence-corrected chi connectivity index (χ4v) is 7.81. The van der Waals surface area contributed by atoms with E-state index in [9.17, 15) is 28.1 Å². The number of nitrogens with one attached hydrogen (secondary N) is 1. The molecule has 48 heavy (non-hydrogen) atoms. The number of halogens is 1. The van der Waals surface area contributed by atoms with Crippen LogP contribution in [0.2, 0.25) is 0 Å². The Morgan fingerprint density at radius 3 is 2.17 bits per heavy atom. The lowest BCUT2D eigenvalue weighted by Gasteiger charge is -2.35. The van der Waals surface area contributed by atoms with E-state index in [2.05, 4.69) is 21.2 Å². The smallest absolute Gasteiger partial charge is 0.271 e. The second-order valence-electron chi connectivity index (χ2n) is 11.8. The van der Waals surface area contributed by atoms with Gasteiger partial charge in [-0.1, -0.05) is 102 Å². The number of amides is 2. The molecular weight excluding hydrogens is 696 g/mol. The number of nitro benzene ring substituents is 1. The normalized spacial score (nSPS) is 14.1. The molecule has 0 spiro atoms. The van der Waals surface area contributed by atoms with Gasteiger partial charge in [-0.05, 0) is 54.3 Å². The summed E-state index contributed by atoms with van der Waals surface area (Å²) in [5.74, 6) is -0.956. The molecule has 0 unspecified atom stereocenters. The summed E-state index contributed by atoms with van der Waals surface area (Å²) >= 11 is 3.49. The van der Waals surface area contributed by atoms with Gasteiger partial charge in [-0.15, -0.1) is 0 Å². The van der Waals surface area contributed by atoms with Crippen molar-refractivity contribution in [3.05, 3.63) is 135 Å². The predicted molar refractivity (Wildman–Crippen MR) is 188 cm³/mol. The Morgan fingerprint density at radius 2 is 1.50 bits per heavy atom. The van der Waals surface area contributed by atoms with E-state index < -0.39 is 33.4 Å². The van der Waals surface area contributed by atoms with Crippen molar-refractivity contribution < 1.29 is 22.9 Å². The number of carbonyl (C=O) groups is 2. The number of carbonyl (C=O) groups excluding carboxylic acids is 2. The van der Waals surface area contributed by atoms with Crippen molar-refractivity contribution in [2.24, 2.45) is 0 Å². The molecule has 12 heteroatoms. The monoisotopic (exact) mass is 732 g/mol. The van der Waals surface area contributed by atoms with Crippen LogP contribution in [0.5, 0.6) is 0 Å². The van der Waals surface area contributed by atoms with E-state index in [0.717, 1.165) is 58.1 Å². The Balaban J connectivity index is 1.58. The van der Waals surface area contributed by atoms with Gasteiger partial charge in [-0.3, -0.25) is 24.0 Å². The molecule has 1 atom stereocenters. The van der Waals surface area contributed by atoms with Crippen LogP contribution in [0.25, 0.3) is 0 Å². The van der Waals surface area contributed by atoms with Crippen molar-refractivity contribution in [1.82, 2.24) is 10.2 Å². The van der Waals surface area contributed by atoms with Crippen LogP contribution >= 0.6 is 15.9 Å². The Labute approximate surface area is 289 Å². The molecule has 1 fully saturated rings. The molecule has 1 aliphatic rings. The molecule has 10 nitrogen and oxygen atoms in total. The predicted octanol–water partition coefficient (Wildman–Crippen LogP) is 6.64. The molecule has 5 rings (SSSR count). The maximum atomic E-state index is 14.6. The Kier molecular flexibility index (Phi) is 11.6. The molecule has 0 bridgehead atoms. The van der Waals surface area contributed by atoms with Crippen LogP contribution in [0.15, 0.2) is 119 Å². The summed E-state index contributed by atoms with van der Waals surface area (Å²) < 4.78 is 29.9. The fraction of sp³-hybridized carbons (Fsp3) is 0.278. The summed E-state index contributed by atoms with van der Waals surface area (Å²) in [4.78, 5) is 41.2. The minimum atomic E-state index is -4.38. The molecular formula is C36H37BrN4O6S. The van der Waals surface area contributed by atoms with Crippen LogP contribution in [0.4, 0.5) is 11.4 Å². The molecule has 250 valence electrons. The van der Waals surface area contributed by atoms with Crippen LogP contribution in [-0.4, -0.2) is 48.7 Å². The van der Waals surface area contributed by atoms with E-state index in [-0.39, 0.29) is 41.2 Å². The molecule has 2 amide bonds. The minimum absolute atomic E-state index is 0.0159. The highest BCUT2D eigenvalue weighted by molar-refractivity contribution is 9.10. The first-order valence-electron chi connectivity index (χ1n) is 15.8. The van der Waals surface area contributed by atoms with Gasteiger partial charge in [0.05, 0.1) is 15.5 Å². The molecule has 0 heterocycles. The lowest BCUT2D eigenvalue weighted by Crippen LogP contribution is -2.55. The summed E-state index contributed by atoms with van der Waals surface area (Å²) in [5, 5.41) is 14.9. The first-order chi connectivity index (χ1) is 23.1. The summed E-state index contributed by atoms with van der Waals surface area (Å²) in [6.07, 6.45) is 5.01. The molecule has 1 saturated carbocycles. The van der Waals surface area contributed by atoms with E-state index >= 15 is 0 Å². The third-order valence-electron chi connectivity index (χ3n) is 8.40. The van der Waals surface area contributed by atoms with Gasteiger partial charge in [0.25, 0.3) is 15.7 Å². The van der Waals surface area contributed by atoms with Gasteiger partial charge in [0.2, 0.25) is 11.8 Å². The van der Waals surface area contributed by atoms with Gasteiger partial charge in [0.1, 0.15) is 12.6 Å². The summed E-state index contributed by atoms with van der Waals surface area (Å²) in [6.45, 7) is -0.684. The molecule has 1 aliphatic carbocycles. The quantitative estimate of drug-likeness (QED) is 0.121. The van der Waals surface area contributed by atoms with Crippen molar-refractivity contribution in [3.8, 4) is 0 Å². The van der Waals surface area contributed by atoms with Crippen LogP contribution in [0.3, 0.4) is 0 Å². The summed E-state index contributed by atoms with van der Waals surface area (Å²) in [5.41, 5.74) is 1.19. The topological polar surface area (TPSA) is 130 Å². The second kappa shape index (κ2) is 16.0. The number of sulfonamides is 1. The van der Waals surface area contributed by atoms with Crippen LogP contribution in [0.1, 0.15) is 43.2 Å². The lowest BCUT2D eigenvalue weighted by atomic mass is 9.94. The Bertz CT molecular complexity index is 1840. The third kappa shape index (κ3) is 8.87. The van der Waals surface area contributed by atoms with E-state index in [1.807, 2.05) is 54.6 Å². The van der Waals surface area contributed by atoms with Gasteiger partial charge in [0.15, 0.2) is 0 Å². The van der Waals surface area contributed by atoms with Crippen molar-refractivity contribution >= 4 is 49.1 Å². The van der Waals surface area contributed by atoms with E-state index in [4.69, 9.17) is 0 Å². The van der Waals surface area contributed by atoms with Gasteiger partial charge in [-0.25, -0.2) is 8.42 Å². The molecule has 0 aromatic heterocycles. The maximum Gasteiger partial charge on any atom is 0.271 e. The Morgan fingerprint density at radius 1 is 0.854 bits per heavy atom. The highest BCUT2D eigenvalue weighted by atomic mass is 79.9. The summed E-state index contributed by atoms with van der Waals surface area (Å²) in [7, 11) is -4.38. The molecule has 0 aliphatic heterocycles. The molecule has 1 N–H and O–H groups in total.